The molecular formula is C17H21N3O2S. The SMILES string of the molecule is CCc1ccc(NC(=O)c2csc(CN3CCOCC3)n2)cc1. The van der Waals surface area contributed by atoms with Gasteiger partial charge in [0.25, 0.3) is 5.91 Å². The minimum absolute atomic E-state index is 0.154. The lowest BCUT2D eigenvalue weighted by molar-refractivity contribution is 0.0341. The molecule has 0 atom stereocenters. The zero-order valence-corrected chi connectivity index (χ0v) is 14.1. The van der Waals surface area contributed by atoms with Crippen molar-refractivity contribution in [2.24, 2.45) is 0 Å². The van der Waals surface area contributed by atoms with E-state index < -0.39 is 0 Å². The van der Waals surface area contributed by atoms with Crippen molar-refractivity contribution in [3.05, 3.63) is 45.9 Å². The van der Waals surface area contributed by atoms with E-state index in [1.165, 1.54) is 16.9 Å². The number of nitrogens with zero attached hydrogens (tertiary/aromatic N) is 2. The molecule has 0 radical (unpaired) electrons. The predicted molar refractivity (Wildman–Crippen MR) is 92.0 cm³/mol. The summed E-state index contributed by atoms with van der Waals surface area (Å²) in [5, 5.41) is 5.69. The molecule has 0 unspecified atom stereocenters. The van der Waals surface area contributed by atoms with Gasteiger partial charge in [-0.1, -0.05) is 19.1 Å². The molecular weight excluding hydrogens is 310 g/mol. The molecule has 5 nitrogen and oxygen atoms in total. The van der Waals surface area contributed by atoms with Gasteiger partial charge in [-0.05, 0) is 24.1 Å². The number of aromatic nitrogens is 1. The van der Waals surface area contributed by atoms with Crippen molar-refractivity contribution in [1.29, 1.82) is 0 Å². The molecule has 0 spiro atoms. The highest BCUT2D eigenvalue weighted by atomic mass is 32.1. The van der Waals surface area contributed by atoms with Crippen LogP contribution in [0.25, 0.3) is 0 Å². The van der Waals surface area contributed by atoms with Gasteiger partial charge in [-0.2, -0.15) is 0 Å². The second-order valence-corrected chi connectivity index (χ2v) is 6.46. The van der Waals surface area contributed by atoms with Crippen LogP contribution in [0.15, 0.2) is 29.6 Å². The normalized spacial score (nSPS) is 15.5. The van der Waals surface area contributed by atoms with E-state index in [4.69, 9.17) is 4.74 Å². The summed E-state index contributed by atoms with van der Waals surface area (Å²) in [6, 6.07) is 7.91. The van der Waals surface area contributed by atoms with Crippen molar-refractivity contribution in [2.75, 3.05) is 31.6 Å². The molecule has 1 N–H and O–H groups in total. The molecule has 1 amide bonds. The number of aryl methyl sites for hydroxylation is 1. The maximum absolute atomic E-state index is 12.3. The van der Waals surface area contributed by atoms with E-state index in [1.807, 2.05) is 29.6 Å². The lowest BCUT2D eigenvalue weighted by Crippen LogP contribution is -2.35. The Balaban J connectivity index is 1.58. The minimum Gasteiger partial charge on any atom is -0.379 e. The van der Waals surface area contributed by atoms with E-state index in [-0.39, 0.29) is 5.91 Å². The Bertz CT molecular complexity index is 648. The summed E-state index contributed by atoms with van der Waals surface area (Å²) in [4.78, 5) is 19.0. The third-order valence-electron chi connectivity index (χ3n) is 3.87. The molecule has 23 heavy (non-hydrogen) atoms. The number of ether oxygens (including phenoxy) is 1. The van der Waals surface area contributed by atoms with Gasteiger partial charge in [0.15, 0.2) is 0 Å². The maximum atomic E-state index is 12.3. The Hall–Kier alpha value is -1.76. The number of carbonyl (C=O) groups is 1. The van der Waals surface area contributed by atoms with Gasteiger partial charge < -0.3 is 10.1 Å². The number of hydrogen-bond donors (Lipinski definition) is 1. The largest absolute Gasteiger partial charge is 0.379 e. The van der Waals surface area contributed by atoms with Crippen LogP contribution in [-0.4, -0.2) is 42.1 Å². The molecule has 0 aliphatic carbocycles. The third kappa shape index (κ3) is 4.37. The predicted octanol–water partition coefficient (Wildman–Crippen LogP) is 2.79. The summed E-state index contributed by atoms with van der Waals surface area (Å²) in [5.41, 5.74) is 2.54. The second kappa shape index (κ2) is 7.68. The Kier molecular flexibility index (Phi) is 5.38. The molecule has 6 heteroatoms. The molecule has 1 aliphatic rings. The second-order valence-electron chi connectivity index (χ2n) is 5.52. The van der Waals surface area contributed by atoms with Crippen molar-refractivity contribution in [3.8, 4) is 0 Å². The molecule has 1 aliphatic heterocycles. The van der Waals surface area contributed by atoms with Gasteiger partial charge in [0.2, 0.25) is 0 Å². The number of anilines is 1. The van der Waals surface area contributed by atoms with Crippen molar-refractivity contribution in [3.63, 3.8) is 0 Å². The highest BCUT2D eigenvalue weighted by molar-refractivity contribution is 7.09. The molecule has 1 fully saturated rings. The zero-order chi connectivity index (χ0) is 16.1. The smallest absolute Gasteiger partial charge is 0.275 e. The summed E-state index contributed by atoms with van der Waals surface area (Å²) < 4.78 is 5.34. The highest BCUT2D eigenvalue weighted by Gasteiger charge is 2.15. The van der Waals surface area contributed by atoms with Crippen molar-refractivity contribution in [2.45, 2.75) is 19.9 Å². The Morgan fingerprint density at radius 1 is 1.30 bits per heavy atom. The van der Waals surface area contributed by atoms with Crippen molar-refractivity contribution < 1.29 is 9.53 Å². The average Bonchev–Trinajstić information content (AvgIpc) is 3.05. The summed E-state index contributed by atoms with van der Waals surface area (Å²) in [6.45, 7) is 6.28. The molecule has 122 valence electrons. The standard InChI is InChI=1S/C17H21N3O2S/c1-2-13-3-5-14(6-4-13)18-17(21)15-12-23-16(19-15)11-20-7-9-22-10-8-20/h3-6,12H,2,7-11H2,1H3,(H,18,21). The first-order valence-corrected chi connectivity index (χ1v) is 8.77. The molecule has 0 bridgehead atoms. The van der Waals surface area contributed by atoms with E-state index >= 15 is 0 Å². The lowest BCUT2D eigenvalue weighted by atomic mass is 10.1. The van der Waals surface area contributed by atoms with Crippen molar-refractivity contribution in [1.82, 2.24) is 9.88 Å². The number of carbonyl (C=O) groups excluding carboxylic acids is 1. The number of benzene rings is 1. The van der Waals surface area contributed by atoms with Gasteiger partial charge in [0.1, 0.15) is 10.7 Å². The van der Waals surface area contributed by atoms with Gasteiger partial charge in [-0.3, -0.25) is 9.69 Å². The zero-order valence-electron chi connectivity index (χ0n) is 13.2. The first kappa shape index (κ1) is 16.1. The van der Waals surface area contributed by atoms with Crippen LogP contribution in [0, 0.1) is 0 Å². The quantitative estimate of drug-likeness (QED) is 0.915. The van der Waals surface area contributed by atoms with E-state index in [9.17, 15) is 4.79 Å². The van der Waals surface area contributed by atoms with Gasteiger partial charge in [0.05, 0.1) is 19.8 Å². The van der Waals surface area contributed by atoms with Crippen LogP contribution >= 0.6 is 11.3 Å². The topological polar surface area (TPSA) is 54.5 Å². The molecule has 3 rings (SSSR count). The number of nitrogens with one attached hydrogen (secondary N) is 1. The summed E-state index contributed by atoms with van der Waals surface area (Å²) in [7, 11) is 0. The van der Waals surface area contributed by atoms with E-state index in [1.54, 1.807) is 0 Å². The Morgan fingerprint density at radius 2 is 2.04 bits per heavy atom. The third-order valence-corrected chi connectivity index (χ3v) is 4.70. The molecule has 0 saturated carbocycles. The van der Waals surface area contributed by atoms with E-state index in [0.29, 0.717) is 5.69 Å². The highest BCUT2D eigenvalue weighted by Crippen LogP contribution is 2.16. The van der Waals surface area contributed by atoms with Crippen LogP contribution in [-0.2, 0) is 17.7 Å². The molecule has 1 aromatic carbocycles. The fourth-order valence-electron chi connectivity index (χ4n) is 2.46. The molecule has 2 aromatic rings. The van der Waals surface area contributed by atoms with Crippen LogP contribution in [0.5, 0.6) is 0 Å². The summed E-state index contributed by atoms with van der Waals surface area (Å²) >= 11 is 1.53. The van der Waals surface area contributed by atoms with Gasteiger partial charge in [-0.25, -0.2) is 4.98 Å². The number of rotatable bonds is 5. The van der Waals surface area contributed by atoms with Gasteiger partial charge >= 0.3 is 0 Å². The van der Waals surface area contributed by atoms with Crippen LogP contribution in [0.3, 0.4) is 0 Å². The van der Waals surface area contributed by atoms with E-state index in [0.717, 1.165) is 50.0 Å². The first-order valence-electron chi connectivity index (χ1n) is 7.89. The van der Waals surface area contributed by atoms with Gasteiger partial charge in [0, 0.05) is 24.2 Å². The van der Waals surface area contributed by atoms with Crippen LogP contribution < -0.4 is 5.32 Å². The number of thiazole rings is 1. The molecule has 1 saturated heterocycles. The number of morpholine rings is 1. The molecule has 1 aromatic heterocycles. The Labute approximate surface area is 140 Å². The summed E-state index contributed by atoms with van der Waals surface area (Å²) in [6.07, 6.45) is 0.991. The monoisotopic (exact) mass is 331 g/mol. The van der Waals surface area contributed by atoms with Crippen LogP contribution in [0.1, 0.15) is 28.0 Å². The number of hydrogen-bond acceptors (Lipinski definition) is 5. The lowest BCUT2D eigenvalue weighted by Gasteiger charge is -2.25. The molecule has 2 heterocycles. The van der Waals surface area contributed by atoms with Crippen molar-refractivity contribution >= 4 is 22.9 Å². The average molecular weight is 331 g/mol. The first-order chi connectivity index (χ1) is 11.2. The number of amides is 1. The maximum Gasteiger partial charge on any atom is 0.275 e. The van der Waals surface area contributed by atoms with Gasteiger partial charge in [-0.15, -0.1) is 11.3 Å². The fraction of sp³-hybridized carbons (Fsp3) is 0.412. The summed E-state index contributed by atoms with van der Waals surface area (Å²) in [5.74, 6) is -0.154. The minimum atomic E-state index is -0.154. The van der Waals surface area contributed by atoms with Crippen LogP contribution in [0.2, 0.25) is 0 Å². The fourth-order valence-corrected chi connectivity index (χ4v) is 3.27. The Morgan fingerprint density at radius 3 is 2.74 bits per heavy atom. The van der Waals surface area contributed by atoms with E-state index in [2.05, 4.69) is 22.1 Å². The van der Waals surface area contributed by atoms with Crippen LogP contribution in [0.4, 0.5) is 5.69 Å².